The first-order valence-electron chi connectivity index (χ1n) is 6.62. The number of benzene rings is 2. The highest BCUT2D eigenvalue weighted by molar-refractivity contribution is 7.79. The molecule has 4 N–H and O–H groups in total. The lowest BCUT2D eigenvalue weighted by atomic mass is 9.93. The Morgan fingerprint density at radius 2 is 1.57 bits per heavy atom. The monoisotopic (exact) mass is 337 g/mol. The van der Waals surface area contributed by atoms with Gasteiger partial charge >= 0.3 is 10.4 Å². The van der Waals surface area contributed by atoms with Crippen LogP contribution in [-0.4, -0.2) is 28.5 Å². The maximum Gasteiger partial charge on any atom is 0.394 e. The molecule has 0 spiro atoms. The van der Waals surface area contributed by atoms with E-state index in [0.29, 0.717) is 6.42 Å². The van der Waals surface area contributed by atoms with Gasteiger partial charge in [0.1, 0.15) is 5.75 Å². The molecule has 2 aromatic rings. The Balaban J connectivity index is 0.000000338. The van der Waals surface area contributed by atoms with E-state index in [9.17, 15) is 9.90 Å². The predicted molar refractivity (Wildman–Crippen MR) is 83.8 cm³/mol. The molecule has 3 rings (SSSR count). The fourth-order valence-corrected chi connectivity index (χ4v) is 2.38. The summed E-state index contributed by atoms with van der Waals surface area (Å²) < 4.78 is 31.6. The zero-order valence-corrected chi connectivity index (χ0v) is 12.7. The van der Waals surface area contributed by atoms with Crippen LogP contribution in [-0.2, 0) is 21.6 Å². The van der Waals surface area contributed by atoms with Crippen LogP contribution in [0.3, 0.4) is 0 Å². The third-order valence-electron chi connectivity index (χ3n) is 3.33. The summed E-state index contributed by atoms with van der Waals surface area (Å²) in [5.41, 5.74) is 2.68. The number of phenolic OH excluding ortho intramolecular Hbond substituents is 1. The van der Waals surface area contributed by atoms with Crippen molar-refractivity contribution in [2.75, 3.05) is 5.32 Å². The van der Waals surface area contributed by atoms with Crippen LogP contribution in [0.2, 0.25) is 0 Å². The lowest BCUT2D eigenvalue weighted by Crippen LogP contribution is -2.14. The molecule has 2 aromatic carbocycles. The van der Waals surface area contributed by atoms with Crippen molar-refractivity contribution in [2.45, 2.75) is 12.3 Å². The van der Waals surface area contributed by atoms with Gasteiger partial charge in [0.25, 0.3) is 0 Å². The Morgan fingerprint density at radius 3 is 2.22 bits per heavy atom. The molecule has 0 saturated heterocycles. The van der Waals surface area contributed by atoms with Gasteiger partial charge in [0.05, 0.1) is 5.92 Å². The minimum atomic E-state index is -4.67. The average molecular weight is 337 g/mol. The van der Waals surface area contributed by atoms with Crippen LogP contribution in [0.5, 0.6) is 5.75 Å². The van der Waals surface area contributed by atoms with E-state index in [0.717, 1.165) is 16.8 Å². The normalized spacial score (nSPS) is 16.1. The first-order chi connectivity index (χ1) is 10.8. The van der Waals surface area contributed by atoms with Gasteiger partial charge in [-0.15, -0.1) is 0 Å². The van der Waals surface area contributed by atoms with Gasteiger partial charge in [0, 0.05) is 5.69 Å². The van der Waals surface area contributed by atoms with Gasteiger partial charge in [0.15, 0.2) is 0 Å². The summed E-state index contributed by atoms with van der Waals surface area (Å²) in [5.74, 6) is 0.0311. The molecule has 0 fully saturated rings. The molecule has 0 saturated carbocycles. The number of fused-ring (bicyclic) bond motifs is 1. The second-order valence-electron chi connectivity index (χ2n) is 4.91. The number of hydrogen-bond donors (Lipinski definition) is 4. The summed E-state index contributed by atoms with van der Waals surface area (Å²) in [6.07, 6.45) is 0.523. The van der Waals surface area contributed by atoms with Crippen LogP contribution in [0.15, 0.2) is 48.5 Å². The van der Waals surface area contributed by atoms with E-state index < -0.39 is 10.4 Å². The molecule has 8 heteroatoms. The van der Waals surface area contributed by atoms with Gasteiger partial charge in [-0.05, 0) is 29.7 Å². The van der Waals surface area contributed by atoms with E-state index in [-0.39, 0.29) is 17.6 Å². The van der Waals surface area contributed by atoms with Crippen LogP contribution in [0.4, 0.5) is 5.69 Å². The maximum absolute atomic E-state index is 12.0. The number of carbonyl (C=O) groups is 1. The van der Waals surface area contributed by atoms with Crippen molar-refractivity contribution < 1.29 is 27.4 Å². The largest absolute Gasteiger partial charge is 0.508 e. The number of amides is 1. The standard InChI is InChI=1S/C15H13NO2.H2O4S/c17-14-8-4-1-5-10(14)9-12-11-6-2-3-7-13(11)16-15(12)18;1-5(2,3)4/h1-8,12,17H,9H2,(H,16,18);(H2,1,2,3,4). The zero-order chi connectivity index (χ0) is 17.0. The molecule has 0 aliphatic carbocycles. The molecule has 0 radical (unpaired) electrons. The van der Waals surface area contributed by atoms with E-state index in [2.05, 4.69) is 5.32 Å². The van der Waals surface area contributed by atoms with E-state index in [1.165, 1.54) is 0 Å². The molecule has 1 aliphatic rings. The highest BCUT2D eigenvalue weighted by atomic mass is 32.3. The lowest BCUT2D eigenvalue weighted by Gasteiger charge is -2.10. The number of nitrogens with one attached hydrogen (secondary N) is 1. The number of carbonyl (C=O) groups excluding carboxylic acids is 1. The first-order valence-corrected chi connectivity index (χ1v) is 8.02. The zero-order valence-electron chi connectivity index (χ0n) is 11.9. The Labute approximate surface area is 133 Å². The third kappa shape index (κ3) is 4.78. The SMILES string of the molecule is O=C1Nc2ccccc2C1Cc1ccccc1O.O=S(=O)(O)O. The summed E-state index contributed by atoms with van der Waals surface area (Å²) in [7, 11) is -4.67. The first kappa shape index (κ1) is 16.9. The number of hydrogen-bond acceptors (Lipinski definition) is 4. The molecule has 1 atom stereocenters. The van der Waals surface area contributed by atoms with Gasteiger partial charge in [-0.2, -0.15) is 8.42 Å². The third-order valence-corrected chi connectivity index (χ3v) is 3.33. The van der Waals surface area contributed by atoms with Crippen molar-refractivity contribution in [3.63, 3.8) is 0 Å². The van der Waals surface area contributed by atoms with Crippen molar-refractivity contribution in [1.29, 1.82) is 0 Å². The van der Waals surface area contributed by atoms with E-state index >= 15 is 0 Å². The van der Waals surface area contributed by atoms with Crippen molar-refractivity contribution in [2.24, 2.45) is 0 Å². The number of rotatable bonds is 2. The summed E-state index contributed by atoms with van der Waals surface area (Å²) >= 11 is 0. The number of aromatic hydroxyl groups is 1. The molecule has 1 amide bonds. The average Bonchev–Trinajstić information content (AvgIpc) is 2.76. The molecule has 0 aromatic heterocycles. The van der Waals surface area contributed by atoms with Crippen molar-refractivity contribution in [3.8, 4) is 5.75 Å². The van der Waals surface area contributed by atoms with Crippen molar-refractivity contribution in [3.05, 3.63) is 59.7 Å². The minimum Gasteiger partial charge on any atom is -0.508 e. The Hall–Kier alpha value is -2.42. The summed E-state index contributed by atoms with van der Waals surface area (Å²) in [5, 5.41) is 12.6. The van der Waals surface area contributed by atoms with Gasteiger partial charge in [-0.25, -0.2) is 0 Å². The predicted octanol–water partition coefficient (Wildman–Crippen LogP) is 2.02. The molecule has 23 heavy (non-hydrogen) atoms. The minimum absolute atomic E-state index is 0.000506. The highest BCUT2D eigenvalue weighted by Gasteiger charge is 2.30. The Morgan fingerprint density at radius 1 is 1.00 bits per heavy atom. The van der Waals surface area contributed by atoms with Crippen LogP contribution >= 0.6 is 0 Å². The Bertz CT molecular complexity index is 810. The molecule has 122 valence electrons. The molecule has 0 bridgehead atoms. The van der Waals surface area contributed by atoms with Gasteiger partial charge < -0.3 is 10.4 Å². The van der Waals surface area contributed by atoms with Crippen molar-refractivity contribution >= 4 is 22.0 Å². The van der Waals surface area contributed by atoms with Crippen molar-refractivity contribution in [1.82, 2.24) is 0 Å². The number of phenols is 1. The summed E-state index contributed by atoms with van der Waals surface area (Å²) in [6.45, 7) is 0. The fraction of sp³-hybridized carbons (Fsp3) is 0.133. The molecular formula is C15H15NO6S. The smallest absolute Gasteiger partial charge is 0.394 e. The fourth-order valence-electron chi connectivity index (χ4n) is 2.38. The van der Waals surface area contributed by atoms with Crippen LogP contribution in [0.25, 0.3) is 0 Å². The maximum atomic E-state index is 12.0. The van der Waals surface area contributed by atoms with E-state index in [1.807, 2.05) is 36.4 Å². The topological polar surface area (TPSA) is 124 Å². The summed E-state index contributed by atoms with van der Waals surface area (Å²) in [4.78, 5) is 12.0. The van der Waals surface area contributed by atoms with Gasteiger partial charge in [-0.3, -0.25) is 13.9 Å². The van der Waals surface area contributed by atoms with Crippen LogP contribution < -0.4 is 5.32 Å². The van der Waals surface area contributed by atoms with Gasteiger partial charge in [0.2, 0.25) is 5.91 Å². The molecule has 1 heterocycles. The Kier molecular flexibility index (Phi) is 4.99. The van der Waals surface area contributed by atoms with Crippen LogP contribution in [0.1, 0.15) is 17.0 Å². The second kappa shape index (κ2) is 6.78. The molecule has 1 unspecified atom stereocenters. The summed E-state index contributed by atoms with van der Waals surface area (Å²) in [6, 6.07) is 14.8. The lowest BCUT2D eigenvalue weighted by molar-refractivity contribution is -0.117. The van der Waals surface area contributed by atoms with Crippen LogP contribution in [0, 0.1) is 0 Å². The van der Waals surface area contributed by atoms with E-state index in [1.54, 1.807) is 12.1 Å². The molecule has 1 aliphatic heterocycles. The molecular weight excluding hydrogens is 322 g/mol. The van der Waals surface area contributed by atoms with E-state index in [4.69, 9.17) is 17.5 Å². The second-order valence-corrected chi connectivity index (χ2v) is 5.81. The molecule has 7 nitrogen and oxygen atoms in total. The number of para-hydroxylation sites is 2. The number of anilines is 1. The quantitative estimate of drug-likeness (QED) is 0.622. The highest BCUT2D eigenvalue weighted by Crippen LogP contribution is 2.35. The van der Waals surface area contributed by atoms with Gasteiger partial charge in [-0.1, -0.05) is 36.4 Å².